The number of allylic oxidation sites excluding steroid dienone is 4. The average Bonchev–Trinajstić information content (AvgIpc) is 3.18. The van der Waals surface area contributed by atoms with E-state index in [1.54, 1.807) is 20.8 Å². The van der Waals surface area contributed by atoms with Gasteiger partial charge in [0.15, 0.2) is 5.69 Å². The van der Waals surface area contributed by atoms with Crippen LogP contribution < -0.4 is 16.4 Å². The second-order valence-electron chi connectivity index (χ2n) is 7.38. The van der Waals surface area contributed by atoms with Crippen molar-refractivity contribution < 1.29 is 22.8 Å². The molecule has 0 aliphatic heterocycles. The molecule has 1 aromatic carbocycles. The summed E-state index contributed by atoms with van der Waals surface area (Å²) in [4.78, 5) is 25.7. The summed E-state index contributed by atoms with van der Waals surface area (Å²) >= 11 is 12.1. The number of alkyl halides is 3. The minimum Gasteiger partial charge on any atom is -0.382 e. The summed E-state index contributed by atoms with van der Waals surface area (Å²) < 4.78 is 40.6. The van der Waals surface area contributed by atoms with Crippen LogP contribution in [0, 0.1) is 6.92 Å². The summed E-state index contributed by atoms with van der Waals surface area (Å²) in [5, 5.41) is 8.63. The number of hydrogen-bond acceptors (Lipinski definition) is 4. The van der Waals surface area contributed by atoms with E-state index in [-0.39, 0.29) is 27.3 Å². The molecular formula is C22H22Cl2F3N5O2. The number of carbonyl (C=O) groups excluding carboxylic acids is 2. The quantitative estimate of drug-likeness (QED) is 0.434. The molecule has 0 unspecified atom stereocenters. The molecular weight excluding hydrogens is 494 g/mol. The Morgan fingerprint density at radius 2 is 1.88 bits per heavy atom. The molecule has 4 N–H and O–H groups in total. The number of nitrogens with two attached hydrogens (primary N) is 1. The van der Waals surface area contributed by atoms with Gasteiger partial charge in [0.2, 0.25) is 0 Å². The molecule has 0 fully saturated rings. The van der Waals surface area contributed by atoms with E-state index < -0.39 is 35.2 Å². The summed E-state index contributed by atoms with van der Waals surface area (Å²) in [5.74, 6) is -1.96. The van der Waals surface area contributed by atoms with Crippen molar-refractivity contribution in [3.8, 4) is 0 Å². The maximum absolute atomic E-state index is 13.3. The molecule has 0 radical (unpaired) electrons. The lowest BCUT2D eigenvalue weighted by molar-refractivity contribution is -0.141. The van der Waals surface area contributed by atoms with Crippen molar-refractivity contribution in [2.75, 3.05) is 5.32 Å². The largest absolute Gasteiger partial charge is 0.435 e. The maximum Gasteiger partial charge on any atom is 0.435 e. The third-order valence-electron chi connectivity index (χ3n) is 4.29. The van der Waals surface area contributed by atoms with Gasteiger partial charge in [-0.2, -0.15) is 18.3 Å². The summed E-state index contributed by atoms with van der Waals surface area (Å²) in [6.45, 7) is 8.52. The SMILES string of the molecule is C=C/C=C\C(Cl)=C(/N)n1nc(C(F)(F)F)cc1C(=O)Nc1c(C)cc(Cl)cc1C(=O)NC(C)C. The Kier molecular flexibility index (Phi) is 8.57. The summed E-state index contributed by atoms with van der Waals surface area (Å²) in [6.07, 6.45) is -0.805. The molecule has 7 nitrogen and oxygen atoms in total. The normalized spacial score (nSPS) is 12.6. The fraction of sp³-hybridized carbons (Fsp3) is 0.227. The smallest absolute Gasteiger partial charge is 0.382 e. The summed E-state index contributed by atoms with van der Waals surface area (Å²) in [5.41, 5.74) is 4.48. The van der Waals surface area contributed by atoms with Crippen molar-refractivity contribution in [3.63, 3.8) is 0 Å². The van der Waals surface area contributed by atoms with Crippen molar-refractivity contribution in [1.82, 2.24) is 15.1 Å². The third kappa shape index (κ3) is 6.42. The number of aromatic nitrogens is 2. The van der Waals surface area contributed by atoms with Gasteiger partial charge in [-0.15, -0.1) is 0 Å². The molecule has 0 atom stereocenters. The Morgan fingerprint density at radius 3 is 2.44 bits per heavy atom. The molecule has 2 rings (SSSR count). The van der Waals surface area contributed by atoms with Crippen LogP contribution in [-0.4, -0.2) is 27.6 Å². The van der Waals surface area contributed by atoms with Crippen molar-refractivity contribution in [2.24, 2.45) is 5.73 Å². The maximum atomic E-state index is 13.3. The van der Waals surface area contributed by atoms with Gasteiger partial charge in [-0.3, -0.25) is 9.59 Å². The molecule has 0 bridgehead atoms. The second-order valence-corrected chi connectivity index (χ2v) is 8.22. The minimum atomic E-state index is -4.86. The Balaban J connectivity index is 2.61. The number of nitrogens with one attached hydrogen (secondary N) is 2. The first-order valence-corrected chi connectivity index (χ1v) is 10.6. The van der Waals surface area contributed by atoms with Gasteiger partial charge in [0.25, 0.3) is 11.8 Å². The van der Waals surface area contributed by atoms with Crippen LogP contribution in [0.5, 0.6) is 0 Å². The minimum absolute atomic E-state index is 0.0321. The van der Waals surface area contributed by atoms with E-state index in [1.807, 2.05) is 0 Å². The molecule has 0 saturated heterocycles. The molecule has 2 amide bonds. The van der Waals surface area contributed by atoms with Gasteiger partial charge < -0.3 is 16.4 Å². The van der Waals surface area contributed by atoms with Crippen LogP contribution in [0.3, 0.4) is 0 Å². The number of rotatable bonds is 7. The number of carbonyl (C=O) groups is 2. The Bertz CT molecular complexity index is 1180. The highest BCUT2D eigenvalue weighted by Gasteiger charge is 2.36. The molecule has 34 heavy (non-hydrogen) atoms. The predicted octanol–water partition coefficient (Wildman–Crippen LogP) is 5.32. The highest BCUT2D eigenvalue weighted by atomic mass is 35.5. The Hall–Kier alpha value is -3.24. The van der Waals surface area contributed by atoms with Gasteiger partial charge in [0.05, 0.1) is 16.3 Å². The molecule has 0 aliphatic carbocycles. The lowest BCUT2D eigenvalue weighted by Gasteiger charge is -2.16. The number of hydrogen-bond donors (Lipinski definition) is 3. The van der Waals surface area contributed by atoms with Crippen LogP contribution >= 0.6 is 23.2 Å². The molecule has 0 spiro atoms. The number of amides is 2. The average molecular weight is 516 g/mol. The lowest BCUT2D eigenvalue weighted by atomic mass is 10.1. The van der Waals surface area contributed by atoms with Gasteiger partial charge in [0, 0.05) is 17.1 Å². The van der Waals surface area contributed by atoms with E-state index in [0.29, 0.717) is 16.3 Å². The van der Waals surface area contributed by atoms with E-state index in [0.717, 1.165) is 0 Å². The van der Waals surface area contributed by atoms with Gasteiger partial charge >= 0.3 is 6.18 Å². The highest BCUT2D eigenvalue weighted by molar-refractivity contribution is 6.33. The van der Waals surface area contributed by atoms with Gasteiger partial charge in [-0.25, -0.2) is 4.68 Å². The molecule has 182 valence electrons. The fourth-order valence-electron chi connectivity index (χ4n) is 2.81. The van der Waals surface area contributed by atoms with Gasteiger partial charge in [0.1, 0.15) is 11.5 Å². The Labute approximate surface area is 204 Å². The molecule has 0 saturated carbocycles. The Morgan fingerprint density at radius 1 is 1.24 bits per heavy atom. The van der Waals surface area contributed by atoms with Crippen LogP contribution in [0.2, 0.25) is 5.02 Å². The van der Waals surface area contributed by atoms with Crippen molar-refractivity contribution in [3.05, 3.63) is 75.6 Å². The number of anilines is 1. The zero-order chi connectivity index (χ0) is 25.8. The number of benzene rings is 1. The van der Waals surface area contributed by atoms with E-state index in [4.69, 9.17) is 28.9 Å². The van der Waals surface area contributed by atoms with Crippen molar-refractivity contribution in [1.29, 1.82) is 0 Å². The van der Waals surface area contributed by atoms with Crippen molar-refractivity contribution in [2.45, 2.75) is 33.0 Å². The standard InChI is InChI=1S/C22H22Cl2F3N5O2/c1-5-6-7-15(24)19(28)32-16(10-17(31-32)22(25,26)27)21(34)30-18-12(4)8-13(23)9-14(18)20(33)29-11(2)3/h5-11H,1,28H2,2-4H3,(H,29,33)(H,30,34)/b7-6-,19-15-. The first-order valence-electron chi connectivity index (χ1n) is 9.80. The molecule has 0 aliphatic rings. The summed E-state index contributed by atoms with van der Waals surface area (Å²) in [6, 6.07) is 3.14. The topological polar surface area (TPSA) is 102 Å². The van der Waals surface area contributed by atoms with E-state index >= 15 is 0 Å². The zero-order valence-electron chi connectivity index (χ0n) is 18.4. The molecule has 2 aromatic rings. The van der Waals surface area contributed by atoms with Crippen LogP contribution in [0.1, 0.15) is 46.0 Å². The van der Waals surface area contributed by atoms with E-state index in [2.05, 4.69) is 22.3 Å². The van der Waals surface area contributed by atoms with Crippen LogP contribution in [0.4, 0.5) is 18.9 Å². The number of aryl methyl sites for hydroxylation is 1. The van der Waals surface area contributed by atoms with Gasteiger partial charge in [-0.05, 0) is 44.5 Å². The fourth-order valence-corrected chi connectivity index (χ4v) is 3.24. The third-order valence-corrected chi connectivity index (χ3v) is 4.83. The predicted molar refractivity (Wildman–Crippen MR) is 127 cm³/mol. The van der Waals surface area contributed by atoms with E-state index in [1.165, 1.54) is 30.4 Å². The first-order chi connectivity index (χ1) is 15.8. The monoisotopic (exact) mass is 515 g/mol. The molecule has 12 heteroatoms. The number of nitrogens with zero attached hydrogens (tertiary/aromatic N) is 2. The van der Waals surface area contributed by atoms with E-state index in [9.17, 15) is 22.8 Å². The molecule has 1 heterocycles. The zero-order valence-corrected chi connectivity index (χ0v) is 19.9. The van der Waals surface area contributed by atoms with Crippen LogP contribution in [-0.2, 0) is 6.18 Å². The van der Waals surface area contributed by atoms with Crippen LogP contribution in [0.15, 0.2) is 48.0 Å². The number of halogens is 5. The second kappa shape index (κ2) is 10.8. The van der Waals surface area contributed by atoms with Crippen molar-refractivity contribution >= 4 is 46.5 Å². The lowest BCUT2D eigenvalue weighted by Crippen LogP contribution is -2.31. The highest BCUT2D eigenvalue weighted by Crippen LogP contribution is 2.31. The first kappa shape index (κ1) is 27.0. The molecule has 1 aromatic heterocycles. The summed E-state index contributed by atoms with van der Waals surface area (Å²) in [7, 11) is 0. The van der Waals surface area contributed by atoms with Crippen LogP contribution in [0.25, 0.3) is 5.82 Å². The van der Waals surface area contributed by atoms with Gasteiger partial charge in [-0.1, -0.05) is 41.9 Å².